The fourth-order valence-corrected chi connectivity index (χ4v) is 3.51. The molecular formula is C23H18F3IN2O3. The lowest BCUT2D eigenvalue weighted by atomic mass is 10.1. The Morgan fingerprint density at radius 3 is 2.44 bits per heavy atom. The van der Waals surface area contributed by atoms with E-state index in [4.69, 9.17) is 4.74 Å². The molecule has 5 nitrogen and oxygen atoms in total. The Morgan fingerprint density at radius 1 is 0.969 bits per heavy atom. The Balaban J connectivity index is 1.67. The van der Waals surface area contributed by atoms with Gasteiger partial charge in [0.25, 0.3) is 5.91 Å². The predicted molar refractivity (Wildman–Crippen MR) is 124 cm³/mol. The maximum absolute atomic E-state index is 13.0. The van der Waals surface area contributed by atoms with Crippen LogP contribution >= 0.6 is 22.6 Å². The van der Waals surface area contributed by atoms with Crippen molar-refractivity contribution in [2.45, 2.75) is 13.1 Å². The Morgan fingerprint density at radius 2 is 1.72 bits per heavy atom. The van der Waals surface area contributed by atoms with Crippen molar-refractivity contribution < 1.29 is 27.5 Å². The summed E-state index contributed by atoms with van der Waals surface area (Å²) in [4.78, 5) is 24.7. The van der Waals surface area contributed by atoms with Gasteiger partial charge in [0.1, 0.15) is 0 Å². The maximum atomic E-state index is 13.0. The first-order valence-corrected chi connectivity index (χ1v) is 10.5. The average Bonchev–Trinajstić information content (AvgIpc) is 2.74. The van der Waals surface area contributed by atoms with Crippen LogP contribution < -0.4 is 10.6 Å². The standard InChI is InChI=1S/C23H18F3IN2O3/c1-14-11-16(27)9-10-19(14)29-21(30)13-32-22(31)18-7-2-3-8-20(18)28-17-6-4-5-15(12-17)23(24,25)26/h2-12,28H,13H2,1H3,(H,29,30). The van der Waals surface area contributed by atoms with Crippen molar-refractivity contribution in [1.82, 2.24) is 0 Å². The van der Waals surface area contributed by atoms with E-state index in [1.54, 1.807) is 18.2 Å². The highest BCUT2D eigenvalue weighted by Gasteiger charge is 2.30. The first-order chi connectivity index (χ1) is 15.1. The molecule has 32 heavy (non-hydrogen) atoms. The number of benzene rings is 3. The SMILES string of the molecule is Cc1cc(I)ccc1NC(=O)COC(=O)c1ccccc1Nc1cccc(C(F)(F)F)c1. The van der Waals surface area contributed by atoms with E-state index in [0.29, 0.717) is 5.69 Å². The second-order valence-electron chi connectivity index (χ2n) is 6.83. The molecule has 0 aliphatic rings. The van der Waals surface area contributed by atoms with Crippen LogP contribution in [0.25, 0.3) is 0 Å². The minimum Gasteiger partial charge on any atom is -0.452 e. The highest BCUT2D eigenvalue weighted by atomic mass is 127. The number of aryl methyl sites for hydroxylation is 1. The second kappa shape index (κ2) is 10.0. The molecule has 3 aromatic carbocycles. The number of carbonyl (C=O) groups is 2. The number of alkyl halides is 3. The van der Waals surface area contributed by atoms with Crippen molar-refractivity contribution in [3.63, 3.8) is 0 Å². The van der Waals surface area contributed by atoms with Crippen molar-refractivity contribution in [1.29, 1.82) is 0 Å². The molecule has 0 unspecified atom stereocenters. The Hall–Kier alpha value is -3.08. The third-order valence-electron chi connectivity index (χ3n) is 4.41. The molecule has 9 heteroatoms. The number of amides is 1. The highest BCUT2D eigenvalue weighted by Crippen LogP contribution is 2.32. The van der Waals surface area contributed by atoms with Crippen molar-refractivity contribution in [2.75, 3.05) is 17.2 Å². The van der Waals surface area contributed by atoms with Crippen molar-refractivity contribution in [2.24, 2.45) is 0 Å². The van der Waals surface area contributed by atoms with Gasteiger partial charge in [-0.1, -0.05) is 18.2 Å². The summed E-state index contributed by atoms with van der Waals surface area (Å²) >= 11 is 2.16. The van der Waals surface area contributed by atoms with Gasteiger partial charge in [-0.2, -0.15) is 13.2 Å². The van der Waals surface area contributed by atoms with Gasteiger partial charge in [-0.05, 0) is 83.6 Å². The molecule has 0 spiro atoms. The van der Waals surface area contributed by atoms with E-state index in [1.165, 1.54) is 24.3 Å². The lowest BCUT2D eigenvalue weighted by Gasteiger charge is -2.14. The number of halogens is 4. The summed E-state index contributed by atoms with van der Waals surface area (Å²) in [5, 5.41) is 5.48. The van der Waals surface area contributed by atoms with Gasteiger partial charge in [-0.15, -0.1) is 0 Å². The normalized spacial score (nSPS) is 11.0. The largest absolute Gasteiger partial charge is 0.452 e. The molecule has 0 atom stereocenters. The van der Waals surface area contributed by atoms with Crippen LogP contribution in [0.4, 0.5) is 30.2 Å². The molecule has 0 aliphatic carbocycles. The van der Waals surface area contributed by atoms with Gasteiger partial charge in [-0.3, -0.25) is 4.79 Å². The fourth-order valence-electron chi connectivity index (χ4n) is 2.86. The zero-order valence-electron chi connectivity index (χ0n) is 16.8. The van der Waals surface area contributed by atoms with Gasteiger partial charge < -0.3 is 15.4 Å². The van der Waals surface area contributed by atoms with Gasteiger partial charge in [0, 0.05) is 14.9 Å². The van der Waals surface area contributed by atoms with E-state index in [9.17, 15) is 22.8 Å². The number of esters is 1. The molecule has 0 aromatic heterocycles. The van der Waals surface area contributed by atoms with Crippen molar-refractivity contribution in [3.05, 3.63) is 87.0 Å². The maximum Gasteiger partial charge on any atom is 0.416 e. The number of para-hydroxylation sites is 1. The minimum atomic E-state index is -4.49. The molecule has 166 valence electrons. The third-order valence-corrected chi connectivity index (χ3v) is 5.08. The molecule has 0 saturated carbocycles. The summed E-state index contributed by atoms with van der Waals surface area (Å²) in [6.45, 7) is 1.33. The lowest BCUT2D eigenvalue weighted by molar-refractivity contribution is -0.137. The summed E-state index contributed by atoms with van der Waals surface area (Å²) in [6, 6.07) is 16.3. The van der Waals surface area contributed by atoms with E-state index in [-0.39, 0.29) is 16.9 Å². The molecule has 0 bridgehead atoms. The summed E-state index contributed by atoms with van der Waals surface area (Å²) < 4.78 is 45.0. The summed E-state index contributed by atoms with van der Waals surface area (Å²) in [5.41, 5.74) is 1.16. The van der Waals surface area contributed by atoms with Gasteiger partial charge in [0.05, 0.1) is 16.8 Å². The topological polar surface area (TPSA) is 67.4 Å². The molecule has 0 aliphatic heterocycles. The second-order valence-corrected chi connectivity index (χ2v) is 8.08. The lowest BCUT2D eigenvalue weighted by Crippen LogP contribution is -2.21. The minimum absolute atomic E-state index is 0.0863. The smallest absolute Gasteiger partial charge is 0.416 e. The number of nitrogens with one attached hydrogen (secondary N) is 2. The van der Waals surface area contributed by atoms with E-state index in [0.717, 1.165) is 21.3 Å². The van der Waals surface area contributed by atoms with E-state index in [1.807, 2.05) is 19.1 Å². The Bertz CT molecular complexity index is 1150. The van der Waals surface area contributed by atoms with Crippen LogP contribution in [0.15, 0.2) is 66.7 Å². The number of ether oxygens (including phenoxy) is 1. The van der Waals surface area contributed by atoms with Gasteiger partial charge in [0.2, 0.25) is 0 Å². The molecule has 0 saturated heterocycles. The zero-order chi connectivity index (χ0) is 23.3. The van der Waals surface area contributed by atoms with E-state index < -0.39 is 30.2 Å². The Kier molecular flexibility index (Phi) is 7.39. The zero-order valence-corrected chi connectivity index (χ0v) is 19.0. The van der Waals surface area contributed by atoms with Crippen LogP contribution in [0.5, 0.6) is 0 Å². The van der Waals surface area contributed by atoms with Gasteiger partial charge >= 0.3 is 12.1 Å². The molecule has 3 aromatic rings. The number of anilines is 3. The number of hydrogen-bond donors (Lipinski definition) is 2. The van der Waals surface area contributed by atoms with Crippen molar-refractivity contribution >= 4 is 51.5 Å². The molecule has 0 heterocycles. The van der Waals surface area contributed by atoms with Crippen LogP contribution in [0.1, 0.15) is 21.5 Å². The van der Waals surface area contributed by atoms with Crippen LogP contribution in [0.3, 0.4) is 0 Å². The fraction of sp³-hybridized carbons (Fsp3) is 0.130. The van der Waals surface area contributed by atoms with E-state index >= 15 is 0 Å². The summed E-state index contributed by atoms with van der Waals surface area (Å²) in [6.07, 6.45) is -4.49. The number of rotatable bonds is 6. The van der Waals surface area contributed by atoms with Crippen LogP contribution in [-0.4, -0.2) is 18.5 Å². The molecular weight excluding hydrogens is 536 g/mol. The number of carbonyl (C=O) groups excluding carboxylic acids is 2. The monoisotopic (exact) mass is 554 g/mol. The summed E-state index contributed by atoms with van der Waals surface area (Å²) in [5.74, 6) is -1.29. The van der Waals surface area contributed by atoms with Crippen LogP contribution in [-0.2, 0) is 15.7 Å². The van der Waals surface area contributed by atoms with Gasteiger partial charge in [0.15, 0.2) is 6.61 Å². The number of hydrogen-bond acceptors (Lipinski definition) is 4. The van der Waals surface area contributed by atoms with Crippen LogP contribution in [0, 0.1) is 10.5 Å². The first-order valence-electron chi connectivity index (χ1n) is 9.40. The quantitative estimate of drug-likeness (QED) is 0.283. The molecule has 0 radical (unpaired) electrons. The Labute approximate surface area is 196 Å². The molecule has 3 rings (SSSR count). The van der Waals surface area contributed by atoms with E-state index in [2.05, 4.69) is 33.2 Å². The van der Waals surface area contributed by atoms with Crippen molar-refractivity contribution in [3.8, 4) is 0 Å². The molecule has 1 amide bonds. The third kappa shape index (κ3) is 6.22. The average molecular weight is 554 g/mol. The van der Waals surface area contributed by atoms with Crippen LogP contribution in [0.2, 0.25) is 0 Å². The highest BCUT2D eigenvalue weighted by molar-refractivity contribution is 14.1. The predicted octanol–water partition coefficient (Wildman–Crippen LogP) is 6.16. The van der Waals surface area contributed by atoms with Gasteiger partial charge in [-0.25, -0.2) is 4.79 Å². The first kappa shape index (κ1) is 23.6. The summed E-state index contributed by atoms with van der Waals surface area (Å²) in [7, 11) is 0. The molecule has 0 fully saturated rings. The molecule has 2 N–H and O–H groups in total.